The third kappa shape index (κ3) is 3.60. The van der Waals surface area contributed by atoms with E-state index in [4.69, 9.17) is 0 Å². The molecule has 0 spiro atoms. The fourth-order valence-corrected chi connectivity index (χ4v) is 2.20. The highest BCUT2D eigenvalue weighted by Gasteiger charge is 2.13. The highest BCUT2D eigenvalue weighted by atomic mass is 16.1. The van der Waals surface area contributed by atoms with Crippen LogP contribution in [0.2, 0.25) is 0 Å². The average Bonchev–Trinajstić information content (AvgIpc) is 2.44. The number of carbonyl (C=O) groups is 1. The SMILES string of the molecule is CCNc1ccc(C)cc1C(=O)Nc1ccc(C)nc1C. The predicted molar refractivity (Wildman–Crippen MR) is 87.0 cm³/mol. The zero-order valence-electron chi connectivity index (χ0n) is 12.9. The largest absolute Gasteiger partial charge is 0.385 e. The summed E-state index contributed by atoms with van der Waals surface area (Å²) >= 11 is 0. The van der Waals surface area contributed by atoms with Crippen molar-refractivity contribution in [2.45, 2.75) is 27.7 Å². The van der Waals surface area contributed by atoms with Gasteiger partial charge in [0.15, 0.2) is 0 Å². The van der Waals surface area contributed by atoms with Gasteiger partial charge in [0.25, 0.3) is 5.91 Å². The second-order valence-electron chi connectivity index (χ2n) is 5.12. The van der Waals surface area contributed by atoms with Crippen molar-refractivity contribution in [1.82, 2.24) is 4.98 Å². The van der Waals surface area contributed by atoms with Crippen LogP contribution in [0.1, 0.15) is 34.2 Å². The molecule has 0 saturated carbocycles. The lowest BCUT2D eigenvalue weighted by atomic mass is 10.1. The molecule has 4 nitrogen and oxygen atoms in total. The Morgan fingerprint density at radius 3 is 2.48 bits per heavy atom. The Morgan fingerprint density at radius 2 is 1.81 bits per heavy atom. The van der Waals surface area contributed by atoms with Gasteiger partial charge in [0.05, 0.1) is 16.9 Å². The summed E-state index contributed by atoms with van der Waals surface area (Å²) < 4.78 is 0. The van der Waals surface area contributed by atoms with Crippen molar-refractivity contribution in [3.63, 3.8) is 0 Å². The van der Waals surface area contributed by atoms with Gasteiger partial charge in [-0.15, -0.1) is 0 Å². The first kappa shape index (κ1) is 15.0. The molecule has 2 rings (SSSR count). The summed E-state index contributed by atoms with van der Waals surface area (Å²) in [5.41, 5.74) is 5.06. The lowest BCUT2D eigenvalue weighted by Crippen LogP contribution is -2.16. The number of amides is 1. The number of anilines is 2. The first-order valence-electron chi connectivity index (χ1n) is 7.11. The molecule has 1 aromatic heterocycles. The van der Waals surface area contributed by atoms with Crippen LogP contribution in [-0.4, -0.2) is 17.4 Å². The van der Waals surface area contributed by atoms with Gasteiger partial charge in [-0.2, -0.15) is 0 Å². The highest BCUT2D eigenvalue weighted by Crippen LogP contribution is 2.20. The summed E-state index contributed by atoms with van der Waals surface area (Å²) in [6.07, 6.45) is 0. The molecule has 21 heavy (non-hydrogen) atoms. The van der Waals surface area contributed by atoms with Gasteiger partial charge in [-0.1, -0.05) is 11.6 Å². The van der Waals surface area contributed by atoms with E-state index in [0.29, 0.717) is 5.56 Å². The van der Waals surface area contributed by atoms with Crippen molar-refractivity contribution in [2.75, 3.05) is 17.2 Å². The topological polar surface area (TPSA) is 54.0 Å². The Hall–Kier alpha value is -2.36. The minimum atomic E-state index is -0.122. The molecule has 2 aromatic rings. The molecule has 0 aliphatic heterocycles. The van der Waals surface area contributed by atoms with Crippen molar-refractivity contribution in [1.29, 1.82) is 0 Å². The molecule has 1 heterocycles. The number of benzene rings is 1. The molecule has 0 atom stereocenters. The van der Waals surface area contributed by atoms with Crippen LogP contribution in [0.25, 0.3) is 0 Å². The molecule has 1 amide bonds. The Bertz CT molecular complexity index is 665. The van der Waals surface area contributed by atoms with Crippen molar-refractivity contribution in [2.24, 2.45) is 0 Å². The van der Waals surface area contributed by atoms with Crippen LogP contribution >= 0.6 is 0 Å². The molecular formula is C17H21N3O. The van der Waals surface area contributed by atoms with Crippen molar-refractivity contribution >= 4 is 17.3 Å². The summed E-state index contributed by atoms with van der Waals surface area (Å²) in [6, 6.07) is 9.61. The monoisotopic (exact) mass is 283 g/mol. The maximum atomic E-state index is 12.5. The molecule has 2 N–H and O–H groups in total. The fourth-order valence-electron chi connectivity index (χ4n) is 2.20. The number of hydrogen-bond acceptors (Lipinski definition) is 3. The molecule has 1 aromatic carbocycles. The van der Waals surface area contributed by atoms with E-state index in [0.717, 1.165) is 34.9 Å². The van der Waals surface area contributed by atoms with Crippen molar-refractivity contribution in [3.05, 3.63) is 52.8 Å². The number of nitrogens with one attached hydrogen (secondary N) is 2. The number of aryl methyl sites for hydroxylation is 3. The van der Waals surface area contributed by atoms with Gasteiger partial charge in [0.2, 0.25) is 0 Å². The maximum Gasteiger partial charge on any atom is 0.257 e. The number of pyridine rings is 1. The lowest BCUT2D eigenvalue weighted by molar-refractivity contribution is 0.102. The predicted octanol–water partition coefficient (Wildman–Crippen LogP) is 3.69. The summed E-state index contributed by atoms with van der Waals surface area (Å²) in [5, 5.41) is 6.16. The Kier molecular flexibility index (Phi) is 4.58. The molecule has 0 aliphatic rings. The standard InChI is InChI=1S/C17H21N3O/c1-5-18-16-8-6-11(2)10-14(16)17(21)20-15-9-7-12(3)19-13(15)4/h6-10,18H,5H2,1-4H3,(H,20,21). The van der Waals surface area contributed by atoms with E-state index in [9.17, 15) is 4.79 Å². The molecular weight excluding hydrogens is 262 g/mol. The van der Waals surface area contributed by atoms with E-state index in [1.165, 1.54) is 0 Å². The van der Waals surface area contributed by atoms with E-state index in [1.807, 2.05) is 58.0 Å². The van der Waals surface area contributed by atoms with Crippen molar-refractivity contribution in [3.8, 4) is 0 Å². The normalized spacial score (nSPS) is 10.3. The molecule has 0 unspecified atom stereocenters. The number of carbonyl (C=O) groups excluding carboxylic acids is 1. The number of hydrogen-bond donors (Lipinski definition) is 2. The molecule has 0 radical (unpaired) electrons. The smallest absolute Gasteiger partial charge is 0.257 e. The number of aromatic nitrogens is 1. The van der Waals surface area contributed by atoms with Crippen LogP contribution in [0.3, 0.4) is 0 Å². The van der Waals surface area contributed by atoms with Crippen molar-refractivity contribution < 1.29 is 4.79 Å². The summed E-state index contributed by atoms with van der Waals surface area (Å²) in [5.74, 6) is -0.122. The van der Waals surface area contributed by atoms with Crippen LogP contribution < -0.4 is 10.6 Å². The highest BCUT2D eigenvalue weighted by molar-refractivity contribution is 6.08. The zero-order chi connectivity index (χ0) is 15.4. The molecule has 0 fully saturated rings. The Balaban J connectivity index is 2.29. The summed E-state index contributed by atoms with van der Waals surface area (Å²) in [6.45, 7) is 8.59. The van der Waals surface area contributed by atoms with Gasteiger partial charge in [0, 0.05) is 17.9 Å². The van der Waals surface area contributed by atoms with Crippen LogP contribution in [0.5, 0.6) is 0 Å². The van der Waals surface area contributed by atoms with Gasteiger partial charge in [-0.05, 0) is 52.0 Å². The third-order valence-corrected chi connectivity index (χ3v) is 3.26. The minimum absolute atomic E-state index is 0.122. The van der Waals surface area contributed by atoms with Crippen LogP contribution in [0.15, 0.2) is 30.3 Å². The van der Waals surface area contributed by atoms with E-state index < -0.39 is 0 Å². The van der Waals surface area contributed by atoms with Crippen LogP contribution in [0.4, 0.5) is 11.4 Å². The second kappa shape index (κ2) is 6.39. The van der Waals surface area contributed by atoms with Gasteiger partial charge in [-0.25, -0.2) is 0 Å². The van der Waals surface area contributed by atoms with Gasteiger partial charge >= 0.3 is 0 Å². The first-order valence-corrected chi connectivity index (χ1v) is 7.11. The molecule has 0 aliphatic carbocycles. The average molecular weight is 283 g/mol. The molecule has 110 valence electrons. The summed E-state index contributed by atoms with van der Waals surface area (Å²) in [7, 11) is 0. The van der Waals surface area contributed by atoms with Gasteiger partial charge in [0.1, 0.15) is 0 Å². The maximum absolute atomic E-state index is 12.5. The summed E-state index contributed by atoms with van der Waals surface area (Å²) in [4.78, 5) is 16.9. The number of nitrogens with zero attached hydrogens (tertiary/aromatic N) is 1. The minimum Gasteiger partial charge on any atom is -0.385 e. The van der Waals surface area contributed by atoms with E-state index in [1.54, 1.807) is 0 Å². The molecule has 4 heteroatoms. The molecule has 0 saturated heterocycles. The van der Waals surface area contributed by atoms with E-state index >= 15 is 0 Å². The fraction of sp³-hybridized carbons (Fsp3) is 0.294. The molecule has 0 bridgehead atoms. The Labute approximate surface area is 125 Å². The lowest BCUT2D eigenvalue weighted by Gasteiger charge is -2.13. The first-order chi connectivity index (χ1) is 10.0. The Morgan fingerprint density at radius 1 is 1.10 bits per heavy atom. The van der Waals surface area contributed by atoms with Gasteiger partial charge in [-0.3, -0.25) is 9.78 Å². The van der Waals surface area contributed by atoms with E-state index in [2.05, 4.69) is 15.6 Å². The quantitative estimate of drug-likeness (QED) is 0.899. The number of rotatable bonds is 4. The third-order valence-electron chi connectivity index (χ3n) is 3.26. The zero-order valence-corrected chi connectivity index (χ0v) is 12.9. The van der Waals surface area contributed by atoms with Crippen LogP contribution in [0, 0.1) is 20.8 Å². The second-order valence-corrected chi connectivity index (χ2v) is 5.12. The van der Waals surface area contributed by atoms with Gasteiger partial charge < -0.3 is 10.6 Å². The van der Waals surface area contributed by atoms with Crippen LogP contribution in [-0.2, 0) is 0 Å². The van der Waals surface area contributed by atoms with E-state index in [-0.39, 0.29) is 5.91 Å².